The van der Waals surface area contributed by atoms with Crippen LogP contribution < -0.4 is 5.32 Å². The Morgan fingerprint density at radius 1 is 1.15 bits per heavy atom. The Morgan fingerprint density at radius 3 is 2.45 bits per heavy atom. The van der Waals surface area contributed by atoms with E-state index in [9.17, 15) is 5.11 Å². The Hall–Kier alpha value is -1.02. The molecule has 2 nitrogen and oxygen atoms in total. The van der Waals surface area contributed by atoms with Crippen molar-refractivity contribution in [2.75, 3.05) is 6.54 Å². The van der Waals surface area contributed by atoms with Crippen LogP contribution in [-0.4, -0.2) is 17.7 Å². The molecule has 2 N–H and O–H groups in total. The molecule has 0 heterocycles. The lowest BCUT2D eigenvalue weighted by Crippen LogP contribution is -2.30. The maximum atomic E-state index is 9.28. The molecular formula is C18H29NO. The van der Waals surface area contributed by atoms with Crippen molar-refractivity contribution < 1.29 is 5.11 Å². The lowest BCUT2D eigenvalue weighted by atomic mass is 9.81. The van der Waals surface area contributed by atoms with Gasteiger partial charge in [0.25, 0.3) is 0 Å². The molecule has 2 heteroatoms. The monoisotopic (exact) mass is 275 g/mol. The Bertz CT molecular complexity index is 379. The molecule has 112 valence electrons. The van der Waals surface area contributed by atoms with Gasteiger partial charge in [0.15, 0.2) is 0 Å². The van der Waals surface area contributed by atoms with Crippen LogP contribution in [0, 0.1) is 11.8 Å². The zero-order chi connectivity index (χ0) is 14.4. The highest BCUT2D eigenvalue weighted by molar-refractivity contribution is 5.26. The highest BCUT2D eigenvalue weighted by atomic mass is 16.3. The van der Waals surface area contributed by atoms with E-state index in [0.717, 1.165) is 24.8 Å². The number of rotatable bonds is 6. The third-order valence-corrected chi connectivity index (χ3v) is 4.66. The average Bonchev–Trinajstić information content (AvgIpc) is 2.44. The maximum Gasteiger partial charge on any atom is 0.115 e. The van der Waals surface area contributed by atoms with Crippen molar-refractivity contribution in [3.8, 4) is 5.75 Å². The minimum atomic E-state index is 0.348. The van der Waals surface area contributed by atoms with E-state index in [1.165, 1.54) is 37.7 Å². The number of phenols is 1. The molecule has 0 aromatic heterocycles. The van der Waals surface area contributed by atoms with Gasteiger partial charge < -0.3 is 10.4 Å². The Labute approximate surface area is 123 Å². The minimum absolute atomic E-state index is 0.348. The van der Waals surface area contributed by atoms with Gasteiger partial charge in [-0.3, -0.25) is 0 Å². The number of nitrogens with one attached hydrogen (secondary N) is 1. The van der Waals surface area contributed by atoms with E-state index in [4.69, 9.17) is 0 Å². The molecule has 1 atom stereocenters. The summed E-state index contributed by atoms with van der Waals surface area (Å²) in [4.78, 5) is 0. The number of hydrogen-bond donors (Lipinski definition) is 2. The van der Waals surface area contributed by atoms with Crippen molar-refractivity contribution in [1.29, 1.82) is 0 Å². The van der Waals surface area contributed by atoms with Gasteiger partial charge in [-0.2, -0.15) is 0 Å². The van der Waals surface area contributed by atoms with Crippen LogP contribution in [0.1, 0.15) is 51.5 Å². The van der Waals surface area contributed by atoms with E-state index < -0.39 is 0 Å². The SMILES string of the molecule is CC1CCC(CCNC(C)Cc2ccc(O)cc2)CC1. The van der Waals surface area contributed by atoms with Gasteiger partial charge in [-0.1, -0.05) is 44.7 Å². The Balaban J connectivity index is 1.62. The van der Waals surface area contributed by atoms with Crippen molar-refractivity contribution in [2.24, 2.45) is 11.8 Å². The summed E-state index contributed by atoms with van der Waals surface area (Å²) in [7, 11) is 0. The van der Waals surface area contributed by atoms with Crippen LogP contribution in [0.15, 0.2) is 24.3 Å². The molecule has 1 fully saturated rings. The van der Waals surface area contributed by atoms with Crippen molar-refractivity contribution in [2.45, 2.75) is 58.4 Å². The molecule has 0 spiro atoms. The molecule has 0 saturated heterocycles. The summed E-state index contributed by atoms with van der Waals surface area (Å²) in [6.45, 7) is 5.77. The van der Waals surface area contributed by atoms with Gasteiger partial charge >= 0.3 is 0 Å². The lowest BCUT2D eigenvalue weighted by Gasteiger charge is -2.26. The van der Waals surface area contributed by atoms with Crippen LogP contribution in [0.4, 0.5) is 0 Å². The fraction of sp³-hybridized carbons (Fsp3) is 0.667. The highest BCUT2D eigenvalue weighted by Gasteiger charge is 2.17. The summed E-state index contributed by atoms with van der Waals surface area (Å²) in [5.74, 6) is 2.24. The van der Waals surface area contributed by atoms with E-state index in [-0.39, 0.29) is 0 Å². The van der Waals surface area contributed by atoms with Gasteiger partial charge in [-0.15, -0.1) is 0 Å². The zero-order valence-electron chi connectivity index (χ0n) is 12.9. The van der Waals surface area contributed by atoms with E-state index in [1.54, 1.807) is 12.1 Å². The third-order valence-electron chi connectivity index (χ3n) is 4.66. The first-order valence-corrected chi connectivity index (χ1v) is 8.14. The molecule has 20 heavy (non-hydrogen) atoms. The molecule has 2 rings (SSSR count). The van der Waals surface area contributed by atoms with Crippen molar-refractivity contribution in [3.63, 3.8) is 0 Å². The Kier molecular flexibility index (Phi) is 5.90. The number of phenolic OH excluding ortho intramolecular Hbond substituents is 1. The van der Waals surface area contributed by atoms with Gasteiger partial charge in [0.05, 0.1) is 0 Å². The standard InChI is InChI=1S/C18H29NO/c1-14-3-5-16(6-4-14)11-12-19-15(2)13-17-7-9-18(20)10-8-17/h7-10,14-16,19-20H,3-6,11-13H2,1-2H3. The second-order valence-corrected chi connectivity index (χ2v) is 6.64. The topological polar surface area (TPSA) is 32.3 Å². The summed E-state index contributed by atoms with van der Waals surface area (Å²) in [6.07, 6.45) is 8.06. The average molecular weight is 275 g/mol. The van der Waals surface area contributed by atoms with Gasteiger partial charge in [-0.25, -0.2) is 0 Å². The number of hydrogen-bond acceptors (Lipinski definition) is 2. The van der Waals surface area contributed by atoms with Crippen molar-refractivity contribution in [1.82, 2.24) is 5.32 Å². The lowest BCUT2D eigenvalue weighted by molar-refractivity contribution is 0.273. The summed E-state index contributed by atoms with van der Waals surface area (Å²) in [6, 6.07) is 8.06. The number of aromatic hydroxyl groups is 1. The van der Waals surface area contributed by atoms with E-state index in [1.807, 2.05) is 12.1 Å². The summed E-state index contributed by atoms with van der Waals surface area (Å²) in [5, 5.41) is 12.9. The maximum absolute atomic E-state index is 9.28. The van der Waals surface area contributed by atoms with Crippen LogP contribution in [0.3, 0.4) is 0 Å². The minimum Gasteiger partial charge on any atom is -0.508 e. The molecule has 1 unspecified atom stereocenters. The fourth-order valence-corrected chi connectivity index (χ4v) is 3.21. The van der Waals surface area contributed by atoms with Crippen LogP contribution in [-0.2, 0) is 6.42 Å². The van der Waals surface area contributed by atoms with E-state index in [0.29, 0.717) is 11.8 Å². The smallest absolute Gasteiger partial charge is 0.115 e. The largest absolute Gasteiger partial charge is 0.508 e. The second kappa shape index (κ2) is 7.68. The molecule has 0 amide bonds. The van der Waals surface area contributed by atoms with Crippen LogP contribution in [0.2, 0.25) is 0 Å². The molecule has 1 aliphatic rings. The predicted molar refractivity (Wildman–Crippen MR) is 85.0 cm³/mol. The normalized spacial score (nSPS) is 24.5. The van der Waals surface area contributed by atoms with E-state index in [2.05, 4.69) is 19.2 Å². The second-order valence-electron chi connectivity index (χ2n) is 6.64. The summed E-state index contributed by atoms with van der Waals surface area (Å²) < 4.78 is 0. The predicted octanol–water partition coefficient (Wildman–Crippen LogP) is 4.13. The fourth-order valence-electron chi connectivity index (χ4n) is 3.21. The van der Waals surface area contributed by atoms with Gasteiger partial charge in [0, 0.05) is 6.04 Å². The molecule has 1 aromatic carbocycles. The quantitative estimate of drug-likeness (QED) is 0.818. The molecule has 1 aromatic rings. The Morgan fingerprint density at radius 2 is 1.80 bits per heavy atom. The molecule has 0 radical (unpaired) electrons. The van der Waals surface area contributed by atoms with Crippen molar-refractivity contribution >= 4 is 0 Å². The molecule has 0 bridgehead atoms. The first-order valence-electron chi connectivity index (χ1n) is 8.14. The molecular weight excluding hydrogens is 246 g/mol. The summed E-state index contributed by atoms with van der Waals surface area (Å²) >= 11 is 0. The molecule has 1 aliphatic carbocycles. The van der Waals surface area contributed by atoms with Crippen LogP contribution >= 0.6 is 0 Å². The van der Waals surface area contributed by atoms with Gasteiger partial charge in [0.2, 0.25) is 0 Å². The third kappa shape index (κ3) is 5.16. The highest BCUT2D eigenvalue weighted by Crippen LogP contribution is 2.29. The number of benzene rings is 1. The van der Waals surface area contributed by atoms with E-state index >= 15 is 0 Å². The van der Waals surface area contributed by atoms with Gasteiger partial charge in [0.1, 0.15) is 5.75 Å². The first-order chi connectivity index (χ1) is 9.63. The zero-order valence-corrected chi connectivity index (χ0v) is 12.9. The summed E-state index contributed by atoms with van der Waals surface area (Å²) in [5.41, 5.74) is 1.29. The van der Waals surface area contributed by atoms with Crippen molar-refractivity contribution in [3.05, 3.63) is 29.8 Å². The van der Waals surface area contributed by atoms with Gasteiger partial charge in [-0.05, 0) is 55.8 Å². The molecule has 1 saturated carbocycles. The van der Waals surface area contributed by atoms with Crippen LogP contribution in [0.5, 0.6) is 5.75 Å². The van der Waals surface area contributed by atoms with Crippen LogP contribution in [0.25, 0.3) is 0 Å². The first kappa shape index (κ1) is 15.4. The molecule has 0 aliphatic heterocycles.